The quantitative estimate of drug-likeness (QED) is 0.143. The van der Waals surface area contributed by atoms with E-state index < -0.39 is 61.7 Å². The van der Waals surface area contributed by atoms with Crippen molar-refractivity contribution in [1.82, 2.24) is 14.6 Å². The molecular formula is C27H36N3O10P. The topological polar surface area (TPSA) is 178 Å². The van der Waals surface area contributed by atoms with Gasteiger partial charge in [0.25, 0.3) is 5.56 Å². The first-order valence-electron chi connectivity index (χ1n) is 13.3. The fraction of sp³-hybridized carbons (Fsp3) is 0.519. The number of aromatic amines is 1. The molecule has 4 N–H and O–H groups in total. The molecule has 13 nitrogen and oxygen atoms in total. The third-order valence-electron chi connectivity index (χ3n) is 6.41. The molecule has 41 heavy (non-hydrogen) atoms. The van der Waals surface area contributed by atoms with Crippen molar-refractivity contribution >= 4 is 13.7 Å². The van der Waals surface area contributed by atoms with Gasteiger partial charge >= 0.3 is 19.4 Å². The van der Waals surface area contributed by atoms with Crippen LogP contribution in [-0.4, -0.2) is 62.3 Å². The van der Waals surface area contributed by atoms with Crippen LogP contribution in [0.4, 0.5) is 0 Å². The molecule has 0 bridgehead atoms. The number of carbonyl (C=O) groups is 1. The fourth-order valence-corrected chi connectivity index (χ4v) is 5.80. The van der Waals surface area contributed by atoms with Crippen LogP contribution in [0.5, 0.6) is 5.75 Å². The van der Waals surface area contributed by atoms with Gasteiger partial charge in [-0.25, -0.2) is 9.36 Å². The summed E-state index contributed by atoms with van der Waals surface area (Å²) >= 11 is 0. The summed E-state index contributed by atoms with van der Waals surface area (Å²) in [5.41, 5.74) is -4.05. The number of H-pyrrole nitrogens is 1. The Morgan fingerprint density at radius 2 is 1.90 bits per heavy atom. The predicted octanol–water partition coefficient (Wildman–Crippen LogP) is 1.85. The molecule has 14 heteroatoms. The standard InChI is InChI=1S/C27H36N3O10P/c1-5-11-19(12-6-2)38-24(33)18(4)29-41(36,40-20-13-9-8-10-14-20)37-17-21-23(32)27(35,7-3)25(39-21)30-16-15-22(31)28-26(30)34/h3,8-10,13-16,18-19,21,23,25,32,35H,5-6,11-12,17H2,1-2,4H3,(H,29,36)(H,28,31,34)/t18-,21?,23+,25+,27+,41?/m0/s1. The molecule has 2 aromatic rings. The van der Waals surface area contributed by atoms with Crippen molar-refractivity contribution in [2.24, 2.45) is 0 Å². The van der Waals surface area contributed by atoms with E-state index in [1.807, 2.05) is 24.8 Å². The Bertz CT molecular complexity index is 1370. The third kappa shape index (κ3) is 7.95. The van der Waals surface area contributed by atoms with Gasteiger partial charge in [0.05, 0.1) is 6.61 Å². The number of nitrogens with one attached hydrogen (secondary N) is 2. The maximum Gasteiger partial charge on any atom is 0.459 e. The van der Waals surface area contributed by atoms with Crippen LogP contribution in [-0.2, 0) is 23.4 Å². The van der Waals surface area contributed by atoms with Gasteiger partial charge in [0.1, 0.15) is 30.1 Å². The van der Waals surface area contributed by atoms with Crippen LogP contribution in [0.3, 0.4) is 0 Å². The molecule has 2 unspecified atom stereocenters. The second-order valence-electron chi connectivity index (χ2n) is 9.64. The summed E-state index contributed by atoms with van der Waals surface area (Å²) in [6.45, 7) is 4.75. The van der Waals surface area contributed by atoms with Gasteiger partial charge in [-0.15, -0.1) is 6.42 Å². The van der Waals surface area contributed by atoms with E-state index in [0.29, 0.717) is 12.8 Å². The minimum Gasteiger partial charge on any atom is -0.461 e. The second kappa shape index (κ2) is 14.1. The summed E-state index contributed by atoms with van der Waals surface area (Å²) in [5.74, 6) is 1.53. The number of benzene rings is 1. The molecule has 1 saturated heterocycles. The molecule has 1 aromatic carbocycles. The molecule has 1 fully saturated rings. The number of rotatable bonds is 14. The number of aromatic nitrogens is 2. The van der Waals surface area contributed by atoms with Crippen molar-refractivity contribution in [3.8, 4) is 18.1 Å². The van der Waals surface area contributed by atoms with Crippen molar-refractivity contribution < 1.29 is 38.1 Å². The normalized spacial score (nSPS) is 24.4. The molecule has 2 heterocycles. The zero-order valence-corrected chi connectivity index (χ0v) is 24.0. The van der Waals surface area contributed by atoms with Crippen LogP contribution in [0, 0.1) is 12.3 Å². The SMILES string of the molecule is C#C[C@@]1(O)[C@H](O)C(COP(=O)(N[C@@H](C)C(=O)OC(CCC)CCC)Oc2ccccc2)O[C@H]1n1ccc(=O)[nH]c1=O. The van der Waals surface area contributed by atoms with Gasteiger partial charge in [0, 0.05) is 12.3 Å². The molecule has 6 atom stereocenters. The monoisotopic (exact) mass is 593 g/mol. The highest BCUT2D eigenvalue weighted by molar-refractivity contribution is 7.52. The van der Waals surface area contributed by atoms with Crippen LogP contribution in [0.2, 0.25) is 0 Å². The number of nitrogens with zero attached hydrogens (tertiary/aromatic N) is 1. The van der Waals surface area contributed by atoms with Gasteiger partial charge in [-0.05, 0) is 31.9 Å². The average molecular weight is 594 g/mol. The number of carbonyl (C=O) groups excluding carboxylic acids is 1. The van der Waals surface area contributed by atoms with Gasteiger partial charge in [-0.3, -0.25) is 23.7 Å². The maximum atomic E-state index is 13.9. The summed E-state index contributed by atoms with van der Waals surface area (Å²) in [6, 6.07) is 7.93. The summed E-state index contributed by atoms with van der Waals surface area (Å²) < 4.78 is 37.2. The van der Waals surface area contributed by atoms with Gasteiger partial charge in [-0.2, -0.15) is 5.09 Å². The lowest BCUT2D eigenvalue weighted by molar-refractivity contribution is -0.151. The highest BCUT2D eigenvalue weighted by Gasteiger charge is 2.56. The van der Waals surface area contributed by atoms with E-state index in [-0.39, 0.29) is 11.9 Å². The Morgan fingerprint density at radius 3 is 2.49 bits per heavy atom. The van der Waals surface area contributed by atoms with Gasteiger partial charge in [0.2, 0.25) is 0 Å². The Labute approximate surface area is 237 Å². The Kier molecular flexibility index (Phi) is 11.1. The molecule has 0 saturated carbocycles. The minimum absolute atomic E-state index is 0.157. The number of esters is 1. The highest BCUT2D eigenvalue weighted by Crippen LogP contribution is 2.47. The third-order valence-corrected chi connectivity index (χ3v) is 8.05. The molecular weight excluding hydrogens is 557 g/mol. The minimum atomic E-state index is -4.35. The average Bonchev–Trinajstić information content (AvgIpc) is 3.18. The van der Waals surface area contributed by atoms with E-state index in [1.54, 1.807) is 18.2 Å². The van der Waals surface area contributed by atoms with Crippen LogP contribution in [0.15, 0.2) is 52.2 Å². The first-order chi connectivity index (χ1) is 19.5. The van der Waals surface area contributed by atoms with Gasteiger partial charge in [-0.1, -0.05) is 50.8 Å². The summed E-state index contributed by atoms with van der Waals surface area (Å²) in [6.07, 6.45) is 4.38. The maximum absolute atomic E-state index is 13.9. The van der Waals surface area contributed by atoms with E-state index in [9.17, 15) is 29.2 Å². The molecule has 0 spiro atoms. The van der Waals surface area contributed by atoms with Gasteiger partial charge in [0.15, 0.2) is 11.8 Å². The molecule has 224 valence electrons. The van der Waals surface area contributed by atoms with Crippen molar-refractivity contribution in [1.29, 1.82) is 0 Å². The van der Waals surface area contributed by atoms with Crippen LogP contribution in [0.25, 0.3) is 0 Å². The first-order valence-corrected chi connectivity index (χ1v) is 14.8. The molecule has 0 amide bonds. The van der Waals surface area contributed by atoms with Crippen molar-refractivity contribution in [3.05, 3.63) is 63.4 Å². The zero-order chi connectivity index (χ0) is 30.2. The number of hydrogen-bond acceptors (Lipinski definition) is 10. The molecule has 0 radical (unpaired) electrons. The number of terminal acetylenes is 1. The molecule has 0 aliphatic carbocycles. The van der Waals surface area contributed by atoms with Crippen LogP contribution < -0.4 is 20.9 Å². The van der Waals surface area contributed by atoms with E-state index in [0.717, 1.165) is 29.7 Å². The number of hydrogen-bond donors (Lipinski definition) is 4. The van der Waals surface area contributed by atoms with Crippen LogP contribution in [0.1, 0.15) is 52.7 Å². The lowest BCUT2D eigenvalue weighted by atomic mass is 9.95. The molecule has 1 aliphatic rings. The molecule has 3 rings (SSSR count). The van der Waals surface area contributed by atoms with E-state index in [1.165, 1.54) is 19.1 Å². The lowest BCUT2D eigenvalue weighted by Crippen LogP contribution is -2.48. The van der Waals surface area contributed by atoms with Crippen molar-refractivity contribution in [2.75, 3.05) is 6.61 Å². The fourth-order valence-electron chi connectivity index (χ4n) is 4.29. The smallest absolute Gasteiger partial charge is 0.459 e. The number of aliphatic hydroxyl groups is 2. The largest absolute Gasteiger partial charge is 0.461 e. The zero-order valence-electron chi connectivity index (χ0n) is 23.1. The van der Waals surface area contributed by atoms with E-state index in [2.05, 4.69) is 5.09 Å². The van der Waals surface area contributed by atoms with Gasteiger partial charge < -0.3 is 24.2 Å². The number of aliphatic hydroxyl groups excluding tert-OH is 1. The first kappa shape index (κ1) is 32.3. The van der Waals surface area contributed by atoms with E-state index >= 15 is 0 Å². The summed E-state index contributed by atoms with van der Waals surface area (Å²) in [7, 11) is -4.35. The Morgan fingerprint density at radius 1 is 1.24 bits per heavy atom. The van der Waals surface area contributed by atoms with Crippen molar-refractivity contribution in [2.45, 2.75) is 82.6 Å². The Hall–Kier alpha value is -3.24. The lowest BCUT2D eigenvalue weighted by Gasteiger charge is -2.26. The molecule has 1 aliphatic heterocycles. The van der Waals surface area contributed by atoms with Crippen LogP contribution >= 0.6 is 7.75 Å². The van der Waals surface area contributed by atoms with E-state index in [4.69, 9.17) is 24.9 Å². The highest BCUT2D eigenvalue weighted by atomic mass is 31.2. The number of para-hydroxylation sites is 1. The Balaban J connectivity index is 1.81. The summed E-state index contributed by atoms with van der Waals surface area (Å²) in [5, 5.41) is 24.4. The predicted molar refractivity (Wildman–Crippen MR) is 148 cm³/mol. The number of ether oxygens (including phenoxy) is 2. The molecule has 1 aromatic heterocycles. The summed E-state index contributed by atoms with van der Waals surface area (Å²) in [4.78, 5) is 38.6. The second-order valence-corrected chi connectivity index (χ2v) is 11.3. The van der Waals surface area contributed by atoms with Crippen molar-refractivity contribution in [3.63, 3.8) is 0 Å².